The van der Waals surface area contributed by atoms with E-state index in [9.17, 15) is 8.78 Å². The zero-order chi connectivity index (χ0) is 10.1. The van der Waals surface area contributed by atoms with E-state index in [1.54, 1.807) is 0 Å². The minimum Gasteiger partial charge on any atom is -0.318 e. The van der Waals surface area contributed by atoms with Crippen LogP contribution in [0, 0.1) is 0 Å². The van der Waals surface area contributed by atoms with Crippen LogP contribution in [0.5, 0.6) is 0 Å². The summed E-state index contributed by atoms with van der Waals surface area (Å²) in [5.74, 6) is 0. The molecule has 1 unspecified atom stereocenters. The van der Waals surface area contributed by atoms with Gasteiger partial charge in [0.25, 0.3) is 6.43 Å². The van der Waals surface area contributed by atoms with Gasteiger partial charge >= 0.3 is 0 Å². The molecule has 5 heteroatoms. The second kappa shape index (κ2) is 3.65. The van der Waals surface area contributed by atoms with Gasteiger partial charge in [-0.1, -0.05) is 0 Å². The highest BCUT2D eigenvalue weighted by Gasteiger charge is 2.26. The van der Waals surface area contributed by atoms with E-state index in [0.717, 1.165) is 36.9 Å². The lowest BCUT2D eigenvalue weighted by molar-refractivity contribution is 0.114. The molecule has 1 heterocycles. The normalized spacial score (nSPS) is 18.3. The molecule has 14 heavy (non-hydrogen) atoms. The minimum atomic E-state index is -2.54. The Morgan fingerprint density at radius 1 is 1.29 bits per heavy atom. The Hall–Kier alpha value is -0.970. The van der Waals surface area contributed by atoms with Crippen molar-refractivity contribution in [3.05, 3.63) is 17.0 Å². The lowest BCUT2D eigenvalue weighted by Crippen LogP contribution is -2.21. The molecular weight excluding hydrogens is 188 g/mol. The van der Waals surface area contributed by atoms with Crippen LogP contribution in [0.1, 0.15) is 35.8 Å². The van der Waals surface area contributed by atoms with Crippen LogP contribution < -0.4 is 5.73 Å². The number of nitrogens with zero attached hydrogens (tertiary/aromatic N) is 1. The Bertz CT molecular complexity index is 322. The second-order valence-electron chi connectivity index (χ2n) is 3.63. The third kappa shape index (κ3) is 1.52. The summed E-state index contributed by atoms with van der Waals surface area (Å²) < 4.78 is 24.8. The number of nitrogens with two attached hydrogens (primary N) is 1. The van der Waals surface area contributed by atoms with E-state index in [-0.39, 0.29) is 0 Å². The van der Waals surface area contributed by atoms with Crippen molar-refractivity contribution in [3.63, 3.8) is 0 Å². The van der Waals surface area contributed by atoms with Gasteiger partial charge in [-0.3, -0.25) is 5.10 Å². The molecule has 0 saturated carbocycles. The molecule has 0 amide bonds. The molecule has 3 N–H and O–H groups in total. The second-order valence-corrected chi connectivity index (χ2v) is 3.63. The number of aromatic amines is 1. The van der Waals surface area contributed by atoms with Crippen LogP contribution in [0.25, 0.3) is 0 Å². The topological polar surface area (TPSA) is 54.7 Å². The largest absolute Gasteiger partial charge is 0.318 e. The highest BCUT2D eigenvalue weighted by Crippen LogP contribution is 2.27. The number of fused-ring (bicyclic) bond motifs is 1. The predicted octanol–water partition coefficient (Wildman–Crippen LogP) is 1.55. The minimum absolute atomic E-state index is 0.356. The van der Waals surface area contributed by atoms with E-state index in [4.69, 9.17) is 5.73 Å². The number of aryl methyl sites for hydroxylation is 1. The number of halogens is 2. The Morgan fingerprint density at radius 2 is 2.00 bits per heavy atom. The zero-order valence-corrected chi connectivity index (χ0v) is 7.76. The molecule has 0 aromatic carbocycles. The van der Waals surface area contributed by atoms with Gasteiger partial charge in [-0.05, 0) is 31.2 Å². The van der Waals surface area contributed by atoms with Crippen LogP contribution in [-0.2, 0) is 12.8 Å². The maximum absolute atomic E-state index is 12.4. The molecule has 2 rings (SSSR count). The lowest BCUT2D eigenvalue weighted by atomic mass is 9.94. The molecule has 0 aliphatic heterocycles. The van der Waals surface area contributed by atoms with Gasteiger partial charge in [-0.2, -0.15) is 5.10 Å². The van der Waals surface area contributed by atoms with Crippen molar-refractivity contribution in [2.24, 2.45) is 5.73 Å². The summed E-state index contributed by atoms with van der Waals surface area (Å²) in [4.78, 5) is 0. The maximum atomic E-state index is 12.4. The van der Waals surface area contributed by atoms with Crippen LogP contribution in [0.2, 0.25) is 0 Å². The molecule has 0 bridgehead atoms. The molecule has 0 fully saturated rings. The lowest BCUT2D eigenvalue weighted by Gasteiger charge is -2.14. The van der Waals surface area contributed by atoms with E-state index in [1.807, 2.05) is 0 Å². The van der Waals surface area contributed by atoms with Gasteiger partial charge in [-0.25, -0.2) is 8.78 Å². The van der Waals surface area contributed by atoms with E-state index >= 15 is 0 Å². The van der Waals surface area contributed by atoms with Crippen molar-refractivity contribution < 1.29 is 8.78 Å². The number of hydrogen-bond acceptors (Lipinski definition) is 2. The van der Waals surface area contributed by atoms with Crippen molar-refractivity contribution >= 4 is 0 Å². The van der Waals surface area contributed by atoms with E-state index in [1.165, 1.54) is 0 Å². The van der Waals surface area contributed by atoms with Gasteiger partial charge in [0.1, 0.15) is 6.04 Å². The van der Waals surface area contributed by atoms with Crippen molar-refractivity contribution in [2.75, 3.05) is 0 Å². The van der Waals surface area contributed by atoms with Gasteiger partial charge < -0.3 is 5.73 Å². The molecule has 1 aromatic heterocycles. The van der Waals surface area contributed by atoms with E-state index in [0.29, 0.717) is 5.69 Å². The molecule has 1 aliphatic rings. The monoisotopic (exact) mass is 201 g/mol. The smallest absolute Gasteiger partial charge is 0.259 e. The molecular formula is C9H13F2N3. The van der Waals surface area contributed by atoms with Crippen molar-refractivity contribution in [1.82, 2.24) is 10.2 Å². The summed E-state index contributed by atoms with van der Waals surface area (Å²) >= 11 is 0. The highest BCUT2D eigenvalue weighted by molar-refractivity contribution is 5.30. The summed E-state index contributed by atoms with van der Waals surface area (Å²) in [6, 6.07) is -1.24. The maximum Gasteiger partial charge on any atom is 0.259 e. The average molecular weight is 201 g/mol. The van der Waals surface area contributed by atoms with Gasteiger partial charge in [-0.15, -0.1) is 0 Å². The van der Waals surface area contributed by atoms with Crippen molar-refractivity contribution in [3.8, 4) is 0 Å². The first-order valence-corrected chi connectivity index (χ1v) is 4.80. The quantitative estimate of drug-likeness (QED) is 0.762. The van der Waals surface area contributed by atoms with E-state index in [2.05, 4.69) is 10.2 Å². The third-order valence-corrected chi connectivity index (χ3v) is 2.68. The summed E-state index contributed by atoms with van der Waals surface area (Å²) in [5.41, 5.74) is 7.64. The third-order valence-electron chi connectivity index (χ3n) is 2.68. The first kappa shape index (κ1) is 9.58. The molecule has 0 radical (unpaired) electrons. The molecule has 1 atom stereocenters. The fraction of sp³-hybridized carbons (Fsp3) is 0.667. The van der Waals surface area contributed by atoms with Crippen LogP contribution >= 0.6 is 0 Å². The SMILES string of the molecule is NC(c1n[nH]c2c1CCCC2)C(F)F. The standard InChI is InChI=1S/C9H13F2N3/c10-9(11)7(12)8-5-3-1-2-4-6(5)13-14-8/h7,9H,1-4,12H2,(H,13,14). The Balaban J connectivity index is 2.30. The summed E-state index contributed by atoms with van der Waals surface area (Å²) in [7, 11) is 0. The first-order valence-electron chi connectivity index (χ1n) is 4.80. The number of H-pyrrole nitrogens is 1. The van der Waals surface area contributed by atoms with E-state index < -0.39 is 12.5 Å². The number of alkyl halides is 2. The van der Waals surface area contributed by atoms with Gasteiger partial charge in [0, 0.05) is 5.69 Å². The van der Waals surface area contributed by atoms with Crippen LogP contribution in [0.15, 0.2) is 0 Å². The number of hydrogen-bond donors (Lipinski definition) is 2. The van der Waals surface area contributed by atoms with Gasteiger partial charge in [0.2, 0.25) is 0 Å². The summed E-state index contributed by atoms with van der Waals surface area (Å²) in [5, 5.41) is 6.69. The molecule has 0 saturated heterocycles. The van der Waals surface area contributed by atoms with Crippen molar-refractivity contribution in [2.45, 2.75) is 38.2 Å². The number of rotatable bonds is 2. The zero-order valence-electron chi connectivity index (χ0n) is 7.76. The summed E-state index contributed by atoms with van der Waals surface area (Å²) in [6.07, 6.45) is 1.32. The van der Waals surface area contributed by atoms with Gasteiger partial charge in [0.05, 0.1) is 5.69 Å². The highest BCUT2D eigenvalue weighted by atomic mass is 19.3. The predicted molar refractivity (Wildman–Crippen MR) is 48.2 cm³/mol. The Kier molecular flexibility index (Phi) is 2.50. The number of nitrogens with one attached hydrogen (secondary N) is 1. The molecule has 1 aliphatic carbocycles. The fourth-order valence-corrected chi connectivity index (χ4v) is 1.90. The van der Waals surface area contributed by atoms with Crippen LogP contribution in [-0.4, -0.2) is 16.6 Å². The fourth-order valence-electron chi connectivity index (χ4n) is 1.90. The first-order chi connectivity index (χ1) is 6.70. The molecule has 78 valence electrons. The summed E-state index contributed by atoms with van der Waals surface area (Å²) in [6.45, 7) is 0. The Morgan fingerprint density at radius 3 is 2.71 bits per heavy atom. The molecule has 3 nitrogen and oxygen atoms in total. The van der Waals surface area contributed by atoms with Crippen molar-refractivity contribution in [1.29, 1.82) is 0 Å². The average Bonchev–Trinajstić information content (AvgIpc) is 2.60. The van der Waals surface area contributed by atoms with Gasteiger partial charge in [0.15, 0.2) is 0 Å². The molecule has 1 aromatic rings. The van der Waals surface area contributed by atoms with Crippen LogP contribution in [0.3, 0.4) is 0 Å². The Labute approximate surface area is 80.7 Å². The van der Waals surface area contributed by atoms with Crippen LogP contribution in [0.4, 0.5) is 8.78 Å². The number of aromatic nitrogens is 2. The molecule has 0 spiro atoms.